The number of carboxylic acids is 1. The fraction of sp³-hybridized carbons (Fsp3) is 0.100. The summed E-state index contributed by atoms with van der Waals surface area (Å²) < 4.78 is 28.9. The first kappa shape index (κ1) is 18.5. The van der Waals surface area contributed by atoms with Gasteiger partial charge in [-0.1, -0.05) is 24.3 Å². The number of fused-ring (bicyclic) bond motifs is 2. The van der Waals surface area contributed by atoms with E-state index in [0.29, 0.717) is 10.9 Å². The zero-order valence-corrected chi connectivity index (χ0v) is 16.2. The molecule has 4 rings (SSSR count). The predicted molar refractivity (Wildman–Crippen MR) is 109 cm³/mol. The van der Waals surface area contributed by atoms with Crippen LogP contribution in [0.3, 0.4) is 0 Å². The van der Waals surface area contributed by atoms with Crippen molar-refractivity contribution in [3.05, 3.63) is 71.7 Å². The molecule has 8 heteroatoms. The summed E-state index contributed by atoms with van der Waals surface area (Å²) in [6.07, 6.45) is 1.69. The Morgan fingerprint density at radius 1 is 1.14 bits per heavy atom. The number of carboxylic acid groups (broad SMARTS) is 1. The Balaban J connectivity index is 1.63. The normalized spacial score (nSPS) is 13.0. The average molecular weight is 412 g/mol. The number of nitrogens with zero attached hydrogens (tertiary/aromatic N) is 1. The lowest BCUT2D eigenvalue weighted by molar-refractivity contribution is -0.138. The van der Waals surface area contributed by atoms with Gasteiger partial charge in [-0.2, -0.15) is 4.72 Å². The maximum atomic E-state index is 12.8. The Labute approximate surface area is 165 Å². The van der Waals surface area contributed by atoms with Crippen molar-refractivity contribution >= 4 is 48.3 Å². The number of aliphatic carboxylic acids is 1. The van der Waals surface area contributed by atoms with Crippen molar-refractivity contribution in [2.24, 2.45) is 0 Å². The van der Waals surface area contributed by atoms with E-state index in [1.807, 2.05) is 29.6 Å². The fourth-order valence-corrected chi connectivity index (χ4v) is 5.27. The minimum atomic E-state index is -4.01. The molecule has 0 fully saturated rings. The Kier molecular flexibility index (Phi) is 4.84. The minimum absolute atomic E-state index is 0.00873. The van der Waals surface area contributed by atoms with Gasteiger partial charge in [0, 0.05) is 22.7 Å². The van der Waals surface area contributed by atoms with Gasteiger partial charge in [-0.15, -0.1) is 11.3 Å². The van der Waals surface area contributed by atoms with E-state index in [9.17, 15) is 18.3 Å². The lowest BCUT2D eigenvalue weighted by Gasteiger charge is -2.15. The third-order valence-electron chi connectivity index (χ3n) is 4.47. The number of pyridine rings is 1. The molecule has 0 amide bonds. The van der Waals surface area contributed by atoms with Gasteiger partial charge in [0.15, 0.2) is 0 Å². The summed E-state index contributed by atoms with van der Waals surface area (Å²) in [5.41, 5.74) is 1.47. The van der Waals surface area contributed by atoms with Crippen molar-refractivity contribution in [1.82, 2.24) is 9.71 Å². The summed E-state index contributed by atoms with van der Waals surface area (Å²) in [6.45, 7) is 0. The molecule has 4 aromatic rings. The van der Waals surface area contributed by atoms with E-state index in [-0.39, 0.29) is 11.3 Å². The van der Waals surface area contributed by atoms with Crippen molar-refractivity contribution in [3.63, 3.8) is 0 Å². The number of sulfonamides is 1. The van der Waals surface area contributed by atoms with E-state index in [4.69, 9.17) is 0 Å². The van der Waals surface area contributed by atoms with Crippen LogP contribution in [0.2, 0.25) is 0 Å². The second-order valence-electron chi connectivity index (χ2n) is 6.33. The second-order valence-corrected chi connectivity index (χ2v) is 8.96. The highest BCUT2D eigenvalue weighted by atomic mass is 32.2. The molecule has 2 aromatic carbocycles. The molecule has 142 valence electrons. The van der Waals surface area contributed by atoms with Gasteiger partial charge >= 0.3 is 5.97 Å². The quantitative estimate of drug-likeness (QED) is 0.506. The van der Waals surface area contributed by atoms with Crippen LogP contribution in [0, 0.1) is 0 Å². The van der Waals surface area contributed by atoms with E-state index in [1.54, 1.807) is 24.4 Å². The van der Waals surface area contributed by atoms with Crippen LogP contribution in [0.1, 0.15) is 5.56 Å². The molecule has 2 aromatic heterocycles. The first-order valence-electron chi connectivity index (χ1n) is 8.49. The van der Waals surface area contributed by atoms with Crippen LogP contribution in [-0.4, -0.2) is 30.5 Å². The van der Waals surface area contributed by atoms with Gasteiger partial charge in [0.25, 0.3) is 0 Å². The van der Waals surface area contributed by atoms with Gasteiger partial charge in [-0.05, 0) is 46.7 Å². The van der Waals surface area contributed by atoms with Gasteiger partial charge in [-0.25, -0.2) is 8.42 Å². The van der Waals surface area contributed by atoms with E-state index < -0.39 is 22.0 Å². The number of aromatic nitrogens is 1. The zero-order valence-electron chi connectivity index (χ0n) is 14.6. The van der Waals surface area contributed by atoms with Crippen molar-refractivity contribution in [1.29, 1.82) is 0 Å². The van der Waals surface area contributed by atoms with Crippen LogP contribution in [0.25, 0.3) is 21.0 Å². The third-order valence-corrected chi connectivity index (χ3v) is 6.95. The molecular formula is C20H16N2O4S2. The molecular weight excluding hydrogens is 396 g/mol. The molecule has 6 nitrogen and oxygen atoms in total. The Hall–Kier alpha value is -2.81. The van der Waals surface area contributed by atoms with E-state index in [2.05, 4.69) is 9.71 Å². The van der Waals surface area contributed by atoms with Gasteiger partial charge in [0.05, 0.1) is 10.4 Å². The molecule has 2 heterocycles. The van der Waals surface area contributed by atoms with E-state index in [0.717, 1.165) is 15.6 Å². The van der Waals surface area contributed by atoms with Gasteiger partial charge in [0.2, 0.25) is 10.0 Å². The Morgan fingerprint density at radius 2 is 1.96 bits per heavy atom. The van der Waals surface area contributed by atoms with Crippen molar-refractivity contribution in [2.75, 3.05) is 0 Å². The minimum Gasteiger partial charge on any atom is -0.480 e. The average Bonchev–Trinajstić information content (AvgIpc) is 3.10. The first-order valence-corrected chi connectivity index (χ1v) is 10.9. The number of hydrogen-bond donors (Lipinski definition) is 2. The number of hydrogen-bond acceptors (Lipinski definition) is 5. The summed E-state index contributed by atoms with van der Waals surface area (Å²) in [7, 11) is -4.01. The van der Waals surface area contributed by atoms with Crippen molar-refractivity contribution < 1.29 is 18.3 Å². The molecule has 0 saturated heterocycles. The first-order chi connectivity index (χ1) is 13.4. The molecule has 2 N–H and O–H groups in total. The number of carbonyl (C=O) groups is 1. The lowest BCUT2D eigenvalue weighted by atomic mass is 10.1. The largest absolute Gasteiger partial charge is 0.480 e. The monoisotopic (exact) mass is 412 g/mol. The smallest absolute Gasteiger partial charge is 0.322 e. The number of benzene rings is 2. The van der Waals surface area contributed by atoms with Crippen LogP contribution in [-0.2, 0) is 21.2 Å². The van der Waals surface area contributed by atoms with Crippen molar-refractivity contribution in [2.45, 2.75) is 17.4 Å². The molecule has 28 heavy (non-hydrogen) atoms. The summed E-state index contributed by atoms with van der Waals surface area (Å²) in [6, 6.07) is 14.4. The molecule has 0 saturated carbocycles. The molecule has 0 aliphatic heterocycles. The summed E-state index contributed by atoms with van der Waals surface area (Å²) in [4.78, 5) is 15.9. The Morgan fingerprint density at radius 3 is 2.79 bits per heavy atom. The Bertz CT molecular complexity index is 1280. The van der Waals surface area contributed by atoms with Crippen LogP contribution in [0.15, 0.2) is 71.1 Å². The molecule has 0 radical (unpaired) electrons. The second kappa shape index (κ2) is 7.31. The van der Waals surface area contributed by atoms with Crippen LogP contribution < -0.4 is 4.72 Å². The van der Waals surface area contributed by atoms with Gasteiger partial charge < -0.3 is 5.11 Å². The maximum Gasteiger partial charge on any atom is 0.322 e. The topological polar surface area (TPSA) is 96.4 Å². The number of rotatable bonds is 6. The van der Waals surface area contributed by atoms with E-state index in [1.165, 1.54) is 23.5 Å². The van der Waals surface area contributed by atoms with Crippen LogP contribution >= 0.6 is 11.3 Å². The van der Waals surface area contributed by atoms with Gasteiger partial charge in [-0.3, -0.25) is 9.78 Å². The lowest BCUT2D eigenvalue weighted by Crippen LogP contribution is -2.42. The predicted octanol–water partition coefficient (Wildman–Crippen LogP) is 3.42. The maximum absolute atomic E-state index is 12.8. The highest BCUT2D eigenvalue weighted by Crippen LogP contribution is 2.27. The SMILES string of the molecule is O=C(O)C(Cc1csc2ccccc12)NS(=O)(=O)c1ccc2ncccc2c1. The van der Waals surface area contributed by atoms with Crippen molar-refractivity contribution in [3.8, 4) is 0 Å². The molecule has 0 aliphatic carbocycles. The van der Waals surface area contributed by atoms with Crippen LogP contribution in [0.4, 0.5) is 0 Å². The highest BCUT2D eigenvalue weighted by Gasteiger charge is 2.26. The van der Waals surface area contributed by atoms with Gasteiger partial charge in [0.1, 0.15) is 6.04 Å². The van der Waals surface area contributed by atoms with E-state index >= 15 is 0 Å². The summed E-state index contributed by atoms with van der Waals surface area (Å²) >= 11 is 1.51. The fourth-order valence-electron chi connectivity index (χ4n) is 3.07. The molecule has 1 unspecified atom stereocenters. The standard InChI is InChI=1S/C20H16N2O4S2/c23-20(24)18(11-14-12-27-19-6-2-1-5-16(14)19)22-28(25,26)15-7-8-17-13(10-15)4-3-9-21-17/h1-10,12,18,22H,11H2,(H,23,24). The van der Waals surface area contributed by atoms with Crippen LogP contribution in [0.5, 0.6) is 0 Å². The number of thiophene rings is 1. The summed E-state index contributed by atoms with van der Waals surface area (Å²) in [5, 5.41) is 13.1. The molecule has 0 bridgehead atoms. The number of nitrogens with one attached hydrogen (secondary N) is 1. The molecule has 0 spiro atoms. The molecule has 0 aliphatic rings. The highest BCUT2D eigenvalue weighted by molar-refractivity contribution is 7.89. The summed E-state index contributed by atoms with van der Waals surface area (Å²) in [5.74, 6) is -1.22. The third kappa shape index (κ3) is 3.62. The molecule has 1 atom stereocenters. The zero-order chi connectivity index (χ0) is 19.7.